The van der Waals surface area contributed by atoms with Gasteiger partial charge in [0.25, 0.3) is 5.91 Å². The summed E-state index contributed by atoms with van der Waals surface area (Å²) in [6.07, 6.45) is 7.15. The van der Waals surface area contributed by atoms with Gasteiger partial charge < -0.3 is 9.47 Å². The van der Waals surface area contributed by atoms with Crippen LogP contribution >= 0.6 is 0 Å². The molecule has 0 aliphatic carbocycles. The van der Waals surface area contributed by atoms with E-state index < -0.39 is 5.91 Å². The van der Waals surface area contributed by atoms with Crippen LogP contribution in [0.4, 0.5) is 0 Å². The van der Waals surface area contributed by atoms with E-state index in [1.807, 2.05) is 41.3 Å². The average Bonchev–Trinajstić information content (AvgIpc) is 3.39. The van der Waals surface area contributed by atoms with Crippen LogP contribution < -0.4 is 5.48 Å². The summed E-state index contributed by atoms with van der Waals surface area (Å²) in [6, 6.07) is 16.3. The minimum absolute atomic E-state index is 0.258. The van der Waals surface area contributed by atoms with E-state index in [4.69, 9.17) is 10.2 Å². The predicted molar refractivity (Wildman–Crippen MR) is 123 cm³/mol. The van der Waals surface area contributed by atoms with Crippen molar-refractivity contribution in [3.8, 4) is 0 Å². The lowest BCUT2D eigenvalue weighted by atomic mass is 10.1. The maximum absolute atomic E-state index is 11.9. The third-order valence-corrected chi connectivity index (χ3v) is 5.85. The number of fused-ring (bicyclic) bond motifs is 1. The highest BCUT2D eigenvalue weighted by atomic mass is 16.5. The Morgan fingerprint density at radius 1 is 1.12 bits per heavy atom. The molecule has 0 radical (unpaired) electrons. The van der Waals surface area contributed by atoms with E-state index in [0.29, 0.717) is 6.42 Å². The van der Waals surface area contributed by atoms with Gasteiger partial charge in [-0.1, -0.05) is 36.4 Å². The zero-order valence-electron chi connectivity index (χ0n) is 18.0. The van der Waals surface area contributed by atoms with Crippen molar-refractivity contribution in [3.05, 3.63) is 71.6 Å². The van der Waals surface area contributed by atoms with Crippen molar-refractivity contribution in [2.45, 2.75) is 38.6 Å². The van der Waals surface area contributed by atoms with Gasteiger partial charge >= 0.3 is 0 Å². The molecule has 1 fully saturated rings. The first kappa shape index (κ1) is 21.8. The molecule has 1 aliphatic rings. The van der Waals surface area contributed by atoms with Crippen molar-refractivity contribution in [2.75, 3.05) is 13.1 Å². The van der Waals surface area contributed by atoms with Crippen molar-refractivity contribution >= 4 is 28.9 Å². The number of benzene rings is 2. The number of likely N-dealkylation sites (tertiary alicyclic amines) is 1. The lowest BCUT2D eigenvalue weighted by molar-refractivity contribution is -0.127. The largest absolute Gasteiger partial charge is 0.343 e. The predicted octanol–water partition coefficient (Wildman–Crippen LogP) is 3.35. The van der Waals surface area contributed by atoms with Crippen LogP contribution in [0.15, 0.2) is 54.6 Å². The van der Waals surface area contributed by atoms with Gasteiger partial charge in [0.15, 0.2) is 0 Å². The quantitative estimate of drug-likeness (QED) is 0.308. The Morgan fingerprint density at radius 2 is 1.97 bits per heavy atom. The molecule has 1 aromatic heterocycles. The van der Waals surface area contributed by atoms with Crippen LogP contribution in [0.3, 0.4) is 0 Å². The number of imidazole rings is 1. The number of aromatic nitrogens is 2. The molecule has 0 saturated carbocycles. The molecular formula is C25H28N4O3. The van der Waals surface area contributed by atoms with Crippen LogP contribution in [-0.2, 0) is 29.0 Å². The molecule has 0 bridgehead atoms. The number of hydrogen-bond acceptors (Lipinski definition) is 4. The Hall–Kier alpha value is -3.45. The first-order valence-corrected chi connectivity index (χ1v) is 11.1. The number of rotatable bonds is 9. The van der Waals surface area contributed by atoms with Gasteiger partial charge in [0.2, 0.25) is 5.91 Å². The molecule has 0 spiro atoms. The zero-order chi connectivity index (χ0) is 22.3. The summed E-state index contributed by atoms with van der Waals surface area (Å²) < 4.78 is 2.26. The van der Waals surface area contributed by atoms with Gasteiger partial charge in [-0.3, -0.25) is 14.8 Å². The Kier molecular flexibility index (Phi) is 6.97. The van der Waals surface area contributed by atoms with E-state index in [1.165, 1.54) is 11.6 Å². The van der Waals surface area contributed by atoms with Crippen molar-refractivity contribution in [2.24, 2.45) is 0 Å². The average molecular weight is 433 g/mol. The van der Waals surface area contributed by atoms with Crippen molar-refractivity contribution in [1.82, 2.24) is 19.9 Å². The van der Waals surface area contributed by atoms with E-state index in [2.05, 4.69) is 16.7 Å². The molecule has 0 atom stereocenters. The molecule has 2 N–H and O–H groups in total. The first-order chi connectivity index (χ1) is 15.6. The van der Waals surface area contributed by atoms with Gasteiger partial charge in [-0.2, -0.15) is 0 Å². The summed E-state index contributed by atoms with van der Waals surface area (Å²) >= 11 is 0. The molecule has 1 aliphatic heterocycles. The van der Waals surface area contributed by atoms with Gasteiger partial charge in [0.1, 0.15) is 5.82 Å². The Morgan fingerprint density at radius 3 is 2.72 bits per heavy atom. The van der Waals surface area contributed by atoms with E-state index in [1.54, 1.807) is 11.6 Å². The minimum Gasteiger partial charge on any atom is -0.343 e. The van der Waals surface area contributed by atoms with E-state index >= 15 is 0 Å². The summed E-state index contributed by atoms with van der Waals surface area (Å²) in [5.41, 5.74) is 5.62. The number of aryl methyl sites for hydroxylation is 3. The smallest absolute Gasteiger partial charge is 0.267 e. The molecule has 1 saturated heterocycles. The second kappa shape index (κ2) is 10.2. The molecule has 3 aromatic rings. The van der Waals surface area contributed by atoms with Crippen molar-refractivity contribution in [3.63, 3.8) is 0 Å². The molecule has 2 heterocycles. The summed E-state index contributed by atoms with van der Waals surface area (Å²) in [7, 11) is 0. The fraction of sp³-hybridized carbons (Fsp3) is 0.320. The van der Waals surface area contributed by atoms with Crippen LogP contribution in [0.5, 0.6) is 0 Å². The summed E-state index contributed by atoms with van der Waals surface area (Å²) in [6.45, 7) is 2.43. The lowest BCUT2D eigenvalue weighted by Gasteiger charge is -2.16. The monoisotopic (exact) mass is 432 g/mol. The SMILES string of the molecule is O=C(C=Cc1ccc2c(c1)nc(CCc1ccccc1)n2CCCN1CCCC1=O)NO. The van der Waals surface area contributed by atoms with Gasteiger partial charge in [0.05, 0.1) is 11.0 Å². The topological polar surface area (TPSA) is 87.5 Å². The highest BCUT2D eigenvalue weighted by Gasteiger charge is 2.19. The Labute approximate surface area is 187 Å². The summed E-state index contributed by atoms with van der Waals surface area (Å²) in [5.74, 6) is 0.703. The van der Waals surface area contributed by atoms with Crippen molar-refractivity contribution in [1.29, 1.82) is 0 Å². The molecule has 166 valence electrons. The molecule has 32 heavy (non-hydrogen) atoms. The number of nitrogens with zero attached hydrogens (tertiary/aromatic N) is 3. The Bertz CT molecular complexity index is 1120. The Balaban J connectivity index is 1.55. The summed E-state index contributed by atoms with van der Waals surface area (Å²) in [5, 5.41) is 8.66. The van der Waals surface area contributed by atoms with Crippen LogP contribution in [0.2, 0.25) is 0 Å². The molecule has 7 nitrogen and oxygen atoms in total. The van der Waals surface area contributed by atoms with Crippen LogP contribution in [0, 0.1) is 0 Å². The number of hydroxylamine groups is 1. The number of carbonyl (C=O) groups is 2. The van der Waals surface area contributed by atoms with E-state index in [0.717, 1.165) is 67.7 Å². The van der Waals surface area contributed by atoms with Crippen LogP contribution in [-0.4, -0.2) is 44.6 Å². The number of nitrogens with one attached hydrogen (secondary N) is 1. The molecule has 2 amide bonds. The van der Waals surface area contributed by atoms with Gasteiger partial charge in [-0.05, 0) is 48.6 Å². The number of hydrogen-bond donors (Lipinski definition) is 2. The second-order valence-electron chi connectivity index (χ2n) is 8.06. The van der Waals surface area contributed by atoms with Crippen molar-refractivity contribution < 1.29 is 14.8 Å². The third kappa shape index (κ3) is 5.23. The molecular weight excluding hydrogens is 404 g/mol. The van der Waals surface area contributed by atoms with Gasteiger partial charge in [-0.15, -0.1) is 0 Å². The standard InChI is InChI=1S/C25H28N4O3/c30-24(27-32)14-11-20-9-12-22-21(18-20)26-23(13-10-19-6-2-1-3-7-19)29(22)17-5-16-28-15-4-8-25(28)31/h1-3,6-7,9,11-12,14,18,32H,4-5,8,10,13,15-17H2,(H,27,30). The van der Waals surface area contributed by atoms with Gasteiger partial charge in [0, 0.05) is 38.6 Å². The second-order valence-corrected chi connectivity index (χ2v) is 8.06. The number of carbonyl (C=O) groups excluding carboxylic acids is 2. The molecule has 2 aromatic carbocycles. The first-order valence-electron chi connectivity index (χ1n) is 11.1. The number of amides is 2. The maximum atomic E-state index is 11.9. The molecule has 0 unspecified atom stereocenters. The zero-order valence-corrected chi connectivity index (χ0v) is 18.0. The highest BCUT2D eigenvalue weighted by molar-refractivity contribution is 5.91. The lowest BCUT2D eigenvalue weighted by Crippen LogP contribution is -2.26. The fourth-order valence-electron chi connectivity index (χ4n) is 4.21. The van der Waals surface area contributed by atoms with Crippen LogP contribution in [0.1, 0.15) is 36.2 Å². The van der Waals surface area contributed by atoms with Gasteiger partial charge in [-0.25, -0.2) is 10.5 Å². The molecule has 4 rings (SSSR count). The van der Waals surface area contributed by atoms with Crippen LogP contribution in [0.25, 0.3) is 17.1 Å². The summed E-state index contributed by atoms with van der Waals surface area (Å²) in [4.78, 5) is 30.1. The third-order valence-electron chi connectivity index (χ3n) is 5.85. The molecule has 7 heteroatoms. The fourth-order valence-corrected chi connectivity index (χ4v) is 4.21. The maximum Gasteiger partial charge on any atom is 0.267 e. The highest BCUT2D eigenvalue weighted by Crippen LogP contribution is 2.21. The van der Waals surface area contributed by atoms with E-state index in [9.17, 15) is 9.59 Å². The van der Waals surface area contributed by atoms with E-state index in [-0.39, 0.29) is 5.91 Å². The minimum atomic E-state index is -0.573. The normalized spacial score (nSPS) is 14.0.